The van der Waals surface area contributed by atoms with Gasteiger partial charge < -0.3 is 14.2 Å². The number of aromatic nitrogens is 6. The SMILES string of the molecule is CC(C)c1noc(N2CCC(Oc3ncnc4c(-c5cc(F)c(S(N)(=O)=O)cc5F)n(C)nc34)CC2)n1. The molecule has 1 aliphatic heterocycles. The molecule has 0 spiro atoms. The third-order valence-electron chi connectivity index (χ3n) is 6.11. The Kier molecular flexibility index (Phi) is 6.27. The lowest BCUT2D eigenvalue weighted by Gasteiger charge is -2.30. The van der Waals surface area contributed by atoms with Gasteiger partial charge in [0.1, 0.15) is 34.5 Å². The number of aryl methyl sites for hydroxylation is 1. The monoisotopic (exact) mass is 534 g/mol. The molecule has 37 heavy (non-hydrogen) atoms. The Morgan fingerprint density at radius 3 is 2.51 bits per heavy atom. The van der Waals surface area contributed by atoms with Gasteiger partial charge in [0.05, 0.1) is 5.69 Å². The molecular formula is C22H24F2N8O4S. The molecular weight excluding hydrogens is 510 g/mol. The van der Waals surface area contributed by atoms with Crippen molar-refractivity contribution in [2.24, 2.45) is 12.2 Å². The van der Waals surface area contributed by atoms with E-state index in [1.807, 2.05) is 18.7 Å². The zero-order chi connectivity index (χ0) is 26.5. The van der Waals surface area contributed by atoms with Gasteiger partial charge in [-0.05, 0) is 12.1 Å². The van der Waals surface area contributed by atoms with Crippen LogP contribution in [-0.4, -0.2) is 57.5 Å². The van der Waals surface area contributed by atoms with E-state index in [0.29, 0.717) is 43.8 Å². The van der Waals surface area contributed by atoms with Crippen molar-refractivity contribution < 1.29 is 26.5 Å². The maximum Gasteiger partial charge on any atom is 0.324 e. The third-order valence-corrected chi connectivity index (χ3v) is 7.03. The van der Waals surface area contributed by atoms with E-state index in [-0.39, 0.29) is 40.2 Å². The molecule has 0 radical (unpaired) electrons. The summed E-state index contributed by atoms with van der Waals surface area (Å²) >= 11 is 0. The number of rotatable bonds is 6. The summed E-state index contributed by atoms with van der Waals surface area (Å²) in [5, 5.41) is 13.3. The number of sulfonamides is 1. The maximum absolute atomic E-state index is 14.9. The van der Waals surface area contributed by atoms with Crippen LogP contribution in [0.25, 0.3) is 22.3 Å². The molecule has 1 fully saturated rings. The topological polar surface area (TPSA) is 155 Å². The zero-order valence-corrected chi connectivity index (χ0v) is 21.0. The van der Waals surface area contributed by atoms with Crippen molar-refractivity contribution in [3.63, 3.8) is 0 Å². The number of benzene rings is 1. The number of nitrogens with two attached hydrogens (primary N) is 1. The van der Waals surface area contributed by atoms with Gasteiger partial charge in [0.2, 0.25) is 15.9 Å². The van der Waals surface area contributed by atoms with Gasteiger partial charge in [0.25, 0.3) is 0 Å². The molecule has 4 aromatic rings. The largest absolute Gasteiger partial charge is 0.473 e. The molecule has 5 rings (SSSR count). The first kappa shape index (κ1) is 25.0. The predicted octanol–water partition coefficient (Wildman–Crippen LogP) is 2.51. The summed E-state index contributed by atoms with van der Waals surface area (Å²) in [6.45, 7) is 5.25. The molecule has 0 bridgehead atoms. The van der Waals surface area contributed by atoms with Crippen LogP contribution in [0.4, 0.5) is 14.8 Å². The van der Waals surface area contributed by atoms with Gasteiger partial charge in [-0.25, -0.2) is 27.3 Å². The van der Waals surface area contributed by atoms with Crippen molar-refractivity contribution in [2.45, 2.75) is 43.6 Å². The summed E-state index contributed by atoms with van der Waals surface area (Å²) in [5.41, 5.74) is 0.384. The van der Waals surface area contributed by atoms with Gasteiger partial charge in [-0.3, -0.25) is 4.68 Å². The smallest absolute Gasteiger partial charge is 0.324 e. The molecule has 1 saturated heterocycles. The van der Waals surface area contributed by atoms with Gasteiger partial charge in [-0.2, -0.15) is 15.1 Å². The van der Waals surface area contributed by atoms with Crippen LogP contribution in [0.3, 0.4) is 0 Å². The number of primary sulfonamides is 1. The fraction of sp³-hybridized carbons (Fsp3) is 0.409. The standard InChI is InChI=1S/C22H24F2N8O4S/c1-11(2)20-28-22(36-30-20)32-6-4-12(5-7-32)35-21-18-17(26-10-27-21)19(31(3)29-18)13-8-15(24)16(9-14(13)23)37(25,33)34/h8-12H,4-7H2,1-3H3,(H2,25,33,34). The van der Waals surface area contributed by atoms with E-state index in [1.165, 1.54) is 18.1 Å². The summed E-state index contributed by atoms with van der Waals surface area (Å²) in [7, 11) is -2.91. The first-order chi connectivity index (χ1) is 17.5. The summed E-state index contributed by atoms with van der Waals surface area (Å²) in [6, 6.07) is 1.77. The minimum atomic E-state index is -4.44. The lowest BCUT2D eigenvalue weighted by atomic mass is 10.1. The Bertz CT molecular complexity index is 1580. The van der Waals surface area contributed by atoms with Crippen LogP contribution in [0.5, 0.6) is 5.88 Å². The summed E-state index contributed by atoms with van der Waals surface area (Å²) < 4.78 is 65.3. The Balaban J connectivity index is 1.39. The fourth-order valence-corrected chi connectivity index (χ4v) is 4.81. The number of anilines is 1. The minimum absolute atomic E-state index is 0.131. The number of fused-ring (bicyclic) bond motifs is 1. The molecule has 0 amide bonds. The summed E-state index contributed by atoms with van der Waals surface area (Å²) in [5.74, 6) is -1.17. The molecule has 12 nitrogen and oxygen atoms in total. The van der Waals surface area contributed by atoms with Gasteiger partial charge >= 0.3 is 6.01 Å². The van der Waals surface area contributed by atoms with E-state index in [0.717, 1.165) is 6.07 Å². The molecule has 0 unspecified atom stereocenters. The van der Waals surface area contributed by atoms with Crippen molar-refractivity contribution in [1.29, 1.82) is 0 Å². The first-order valence-corrected chi connectivity index (χ1v) is 13.0. The third kappa shape index (κ3) is 4.71. The van der Waals surface area contributed by atoms with E-state index in [2.05, 4.69) is 25.2 Å². The van der Waals surface area contributed by atoms with Gasteiger partial charge in [-0.1, -0.05) is 19.0 Å². The molecule has 15 heteroatoms. The van der Waals surface area contributed by atoms with Crippen LogP contribution in [-0.2, 0) is 17.1 Å². The van der Waals surface area contributed by atoms with Crippen molar-refractivity contribution in [3.05, 3.63) is 35.9 Å². The normalized spacial score (nSPS) is 15.2. The highest BCUT2D eigenvalue weighted by molar-refractivity contribution is 7.89. The van der Waals surface area contributed by atoms with Gasteiger partial charge in [0, 0.05) is 44.5 Å². The Hall–Kier alpha value is -3.72. The highest BCUT2D eigenvalue weighted by atomic mass is 32.2. The average molecular weight is 535 g/mol. The van der Waals surface area contributed by atoms with Crippen molar-refractivity contribution in [3.8, 4) is 17.1 Å². The Labute approximate surface area is 210 Å². The zero-order valence-electron chi connectivity index (χ0n) is 20.2. The second kappa shape index (κ2) is 9.30. The van der Waals surface area contributed by atoms with Crippen molar-refractivity contribution in [2.75, 3.05) is 18.0 Å². The lowest BCUT2D eigenvalue weighted by molar-refractivity contribution is 0.163. The second-order valence-corrected chi connectivity index (χ2v) is 10.6. The fourth-order valence-electron chi connectivity index (χ4n) is 4.21. The minimum Gasteiger partial charge on any atom is -0.473 e. The van der Waals surface area contributed by atoms with Crippen molar-refractivity contribution in [1.82, 2.24) is 29.9 Å². The molecule has 0 aliphatic carbocycles. The number of hydrogen-bond acceptors (Lipinski definition) is 10. The van der Waals surface area contributed by atoms with Gasteiger partial charge in [-0.15, -0.1) is 0 Å². The highest BCUT2D eigenvalue weighted by Crippen LogP contribution is 2.34. The average Bonchev–Trinajstić information content (AvgIpc) is 3.46. The molecule has 1 aromatic carbocycles. The van der Waals surface area contributed by atoms with E-state index in [1.54, 1.807) is 0 Å². The Morgan fingerprint density at radius 2 is 1.86 bits per heavy atom. The van der Waals surface area contributed by atoms with E-state index in [4.69, 9.17) is 14.4 Å². The van der Waals surface area contributed by atoms with Crippen LogP contribution in [0, 0.1) is 11.6 Å². The van der Waals surface area contributed by atoms with E-state index < -0.39 is 26.6 Å². The van der Waals surface area contributed by atoms with Crippen LogP contribution < -0.4 is 14.8 Å². The molecule has 0 saturated carbocycles. The van der Waals surface area contributed by atoms with Crippen LogP contribution >= 0.6 is 0 Å². The lowest BCUT2D eigenvalue weighted by Crippen LogP contribution is -2.38. The summed E-state index contributed by atoms with van der Waals surface area (Å²) in [4.78, 5) is 13.9. The van der Waals surface area contributed by atoms with E-state index >= 15 is 0 Å². The summed E-state index contributed by atoms with van der Waals surface area (Å²) in [6.07, 6.45) is 2.37. The molecule has 3 aromatic heterocycles. The molecule has 2 N–H and O–H groups in total. The van der Waals surface area contributed by atoms with Crippen molar-refractivity contribution >= 4 is 27.1 Å². The number of halogens is 2. The maximum atomic E-state index is 14.9. The molecule has 196 valence electrons. The molecule has 0 atom stereocenters. The number of nitrogens with zero attached hydrogens (tertiary/aromatic N) is 7. The highest BCUT2D eigenvalue weighted by Gasteiger charge is 2.28. The quantitative estimate of drug-likeness (QED) is 0.390. The number of ether oxygens (including phenoxy) is 1. The number of hydrogen-bond donors (Lipinski definition) is 1. The Morgan fingerprint density at radius 1 is 1.14 bits per heavy atom. The van der Waals surface area contributed by atoms with Crippen LogP contribution in [0.1, 0.15) is 38.4 Å². The predicted molar refractivity (Wildman–Crippen MR) is 127 cm³/mol. The van der Waals surface area contributed by atoms with Crippen LogP contribution in [0.15, 0.2) is 27.9 Å². The van der Waals surface area contributed by atoms with E-state index in [9.17, 15) is 17.2 Å². The molecule has 4 heterocycles. The second-order valence-electron chi connectivity index (χ2n) is 9.05. The van der Waals surface area contributed by atoms with Gasteiger partial charge in [0.15, 0.2) is 11.3 Å². The molecule has 1 aliphatic rings. The number of piperidine rings is 1. The van der Waals surface area contributed by atoms with Crippen LogP contribution in [0.2, 0.25) is 0 Å². The first-order valence-electron chi connectivity index (χ1n) is 11.5.